The quantitative estimate of drug-likeness (QED) is 0.937. The molecule has 0 aliphatic heterocycles. The van der Waals surface area contributed by atoms with Crippen LogP contribution in [0.4, 0.5) is 18.9 Å². The number of hydrogen-bond acceptors (Lipinski definition) is 5. The molecule has 0 saturated carbocycles. The Bertz CT molecular complexity index is 607. The Morgan fingerprint density at radius 2 is 2.00 bits per heavy atom. The lowest BCUT2D eigenvalue weighted by molar-refractivity contribution is -0.137. The van der Waals surface area contributed by atoms with E-state index >= 15 is 0 Å². The van der Waals surface area contributed by atoms with Crippen molar-refractivity contribution in [1.29, 1.82) is 0 Å². The Hall–Kier alpha value is -2.09. The van der Waals surface area contributed by atoms with Crippen LogP contribution in [-0.2, 0) is 12.7 Å². The van der Waals surface area contributed by atoms with E-state index in [1.54, 1.807) is 19.0 Å². The second-order valence-electron chi connectivity index (χ2n) is 4.34. The van der Waals surface area contributed by atoms with Gasteiger partial charge in [0.2, 0.25) is 11.7 Å². The predicted molar refractivity (Wildman–Crippen MR) is 67.0 cm³/mol. The third-order valence-electron chi connectivity index (χ3n) is 2.69. The Kier molecular flexibility index (Phi) is 3.67. The Balaban J connectivity index is 2.57. The van der Waals surface area contributed by atoms with Crippen LogP contribution in [0.2, 0.25) is 0 Å². The van der Waals surface area contributed by atoms with Crippen LogP contribution in [0.25, 0.3) is 11.4 Å². The minimum absolute atomic E-state index is 0.0310. The highest BCUT2D eigenvalue weighted by molar-refractivity contribution is 5.74. The summed E-state index contributed by atoms with van der Waals surface area (Å²) in [6.45, 7) is 0.0310. The summed E-state index contributed by atoms with van der Waals surface area (Å²) in [4.78, 5) is 5.64. The van der Waals surface area contributed by atoms with Crippen LogP contribution in [0.1, 0.15) is 11.5 Å². The summed E-state index contributed by atoms with van der Waals surface area (Å²) < 4.78 is 43.2. The van der Waals surface area contributed by atoms with E-state index in [1.165, 1.54) is 6.07 Å². The topological polar surface area (TPSA) is 68.2 Å². The minimum Gasteiger partial charge on any atom is -0.377 e. The van der Waals surface area contributed by atoms with Crippen LogP contribution in [0.15, 0.2) is 22.7 Å². The summed E-state index contributed by atoms with van der Waals surface area (Å²) in [5, 5.41) is 3.66. The van der Waals surface area contributed by atoms with Crippen LogP contribution >= 0.6 is 0 Å². The first-order valence-electron chi connectivity index (χ1n) is 5.74. The van der Waals surface area contributed by atoms with Crippen LogP contribution in [-0.4, -0.2) is 24.2 Å². The number of nitrogens with zero attached hydrogens (tertiary/aromatic N) is 3. The average molecular weight is 286 g/mol. The number of rotatable bonds is 3. The molecule has 20 heavy (non-hydrogen) atoms. The van der Waals surface area contributed by atoms with E-state index in [9.17, 15) is 13.2 Å². The predicted octanol–water partition coefficient (Wildman–Crippen LogP) is 2.28. The maximum atomic E-state index is 12.8. The first-order chi connectivity index (χ1) is 9.32. The molecule has 8 heteroatoms. The zero-order valence-corrected chi connectivity index (χ0v) is 10.9. The van der Waals surface area contributed by atoms with Crippen LogP contribution in [0.3, 0.4) is 0 Å². The monoisotopic (exact) mass is 286 g/mol. The van der Waals surface area contributed by atoms with Gasteiger partial charge >= 0.3 is 6.18 Å². The van der Waals surface area contributed by atoms with Crippen molar-refractivity contribution in [1.82, 2.24) is 10.1 Å². The fraction of sp³-hybridized carbons (Fsp3) is 0.333. The van der Waals surface area contributed by atoms with Gasteiger partial charge in [-0.3, -0.25) is 0 Å². The van der Waals surface area contributed by atoms with Crippen molar-refractivity contribution in [3.05, 3.63) is 29.7 Å². The molecule has 0 aliphatic carbocycles. The fourth-order valence-electron chi connectivity index (χ4n) is 1.73. The van der Waals surface area contributed by atoms with Crippen molar-refractivity contribution in [2.45, 2.75) is 12.7 Å². The molecule has 1 aromatic carbocycles. The molecular formula is C12H13F3N4O. The van der Waals surface area contributed by atoms with Crippen molar-refractivity contribution in [2.24, 2.45) is 5.73 Å². The molecule has 0 radical (unpaired) electrons. The van der Waals surface area contributed by atoms with Gasteiger partial charge in [-0.25, -0.2) is 0 Å². The SMILES string of the molecule is CN(C)c1ccc(C(F)(F)F)cc1-c1noc(CN)n1. The lowest BCUT2D eigenvalue weighted by Gasteiger charge is -2.17. The van der Waals surface area contributed by atoms with Crippen molar-refractivity contribution >= 4 is 5.69 Å². The van der Waals surface area contributed by atoms with Crippen LogP contribution in [0, 0.1) is 0 Å². The van der Waals surface area contributed by atoms with Gasteiger partial charge in [0.25, 0.3) is 0 Å². The van der Waals surface area contributed by atoms with Gasteiger partial charge in [0, 0.05) is 25.3 Å². The van der Waals surface area contributed by atoms with E-state index in [-0.39, 0.29) is 23.8 Å². The van der Waals surface area contributed by atoms with E-state index in [0.717, 1.165) is 12.1 Å². The van der Waals surface area contributed by atoms with Crippen molar-refractivity contribution in [3.8, 4) is 11.4 Å². The first-order valence-corrected chi connectivity index (χ1v) is 5.74. The highest BCUT2D eigenvalue weighted by Crippen LogP contribution is 2.36. The molecule has 0 amide bonds. The van der Waals surface area contributed by atoms with Gasteiger partial charge in [-0.15, -0.1) is 0 Å². The molecule has 0 saturated heterocycles. The minimum atomic E-state index is -4.43. The van der Waals surface area contributed by atoms with Gasteiger partial charge < -0.3 is 15.2 Å². The zero-order chi connectivity index (χ0) is 14.9. The third-order valence-corrected chi connectivity index (χ3v) is 2.69. The molecule has 0 unspecified atom stereocenters. The van der Waals surface area contributed by atoms with Gasteiger partial charge in [0.05, 0.1) is 12.1 Å². The highest BCUT2D eigenvalue weighted by atomic mass is 19.4. The molecule has 2 aromatic rings. The van der Waals surface area contributed by atoms with E-state index in [4.69, 9.17) is 10.3 Å². The molecule has 2 N–H and O–H groups in total. The van der Waals surface area contributed by atoms with Crippen molar-refractivity contribution < 1.29 is 17.7 Å². The lowest BCUT2D eigenvalue weighted by atomic mass is 10.1. The summed E-state index contributed by atoms with van der Waals surface area (Å²) in [7, 11) is 3.44. The number of aromatic nitrogens is 2. The third kappa shape index (κ3) is 2.74. The Labute approximate surface area is 113 Å². The number of alkyl halides is 3. The number of hydrogen-bond donors (Lipinski definition) is 1. The lowest BCUT2D eigenvalue weighted by Crippen LogP contribution is -2.12. The number of anilines is 1. The van der Waals surface area contributed by atoms with Gasteiger partial charge in [-0.1, -0.05) is 5.16 Å². The maximum Gasteiger partial charge on any atom is 0.416 e. The van der Waals surface area contributed by atoms with Gasteiger partial charge in [-0.2, -0.15) is 18.2 Å². The molecule has 0 bridgehead atoms. The molecule has 0 spiro atoms. The highest BCUT2D eigenvalue weighted by Gasteiger charge is 2.31. The average Bonchev–Trinajstić information content (AvgIpc) is 2.85. The van der Waals surface area contributed by atoms with E-state index in [1.807, 2.05) is 0 Å². The molecule has 1 aromatic heterocycles. The van der Waals surface area contributed by atoms with Gasteiger partial charge in [0.15, 0.2) is 0 Å². The van der Waals surface area contributed by atoms with Crippen molar-refractivity contribution in [2.75, 3.05) is 19.0 Å². The summed E-state index contributed by atoms with van der Waals surface area (Å²) >= 11 is 0. The number of benzene rings is 1. The Morgan fingerprint density at radius 1 is 1.30 bits per heavy atom. The molecule has 0 fully saturated rings. The number of halogens is 3. The van der Waals surface area contributed by atoms with Gasteiger partial charge in [-0.05, 0) is 18.2 Å². The van der Waals surface area contributed by atoms with E-state index in [0.29, 0.717) is 5.69 Å². The Morgan fingerprint density at radius 3 is 2.50 bits per heavy atom. The second kappa shape index (κ2) is 5.12. The number of nitrogens with two attached hydrogens (primary N) is 1. The molecule has 1 heterocycles. The smallest absolute Gasteiger partial charge is 0.377 e. The largest absolute Gasteiger partial charge is 0.416 e. The van der Waals surface area contributed by atoms with Gasteiger partial charge in [0.1, 0.15) is 0 Å². The van der Waals surface area contributed by atoms with E-state index in [2.05, 4.69) is 10.1 Å². The standard InChI is InChI=1S/C12H13F3N4O/c1-19(2)9-4-3-7(12(13,14)15)5-8(9)11-17-10(6-16)20-18-11/h3-5H,6,16H2,1-2H3. The molecule has 5 nitrogen and oxygen atoms in total. The molecule has 108 valence electrons. The maximum absolute atomic E-state index is 12.8. The zero-order valence-electron chi connectivity index (χ0n) is 10.9. The van der Waals surface area contributed by atoms with Crippen LogP contribution < -0.4 is 10.6 Å². The molecule has 0 aliphatic rings. The van der Waals surface area contributed by atoms with Crippen molar-refractivity contribution in [3.63, 3.8) is 0 Å². The second-order valence-corrected chi connectivity index (χ2v) is 4.34. The fourth-order valence-corrected chi connectivity index (χ4v) is 1.73. The normalized spacial score (nSPS) is 11.7. The summed E-state index contributed by atoms with van der Waals surface area (Å²) in [5.74, 6) is 0.252. The first kappa shape index (κ1) is 14.3. The molecular weight excluding hydrogens is 273 g/mol. The summed E-state index contributed by atoms with van der Waals surface area (Å²) in [6, 6.07) is 3.39. The summed E-state index contributed by atoms with van der Waals surface area (Å²) in [5.41, 5.74) is 5.39. The summed E-state index contributed by atoms with van der Waals surface area (Å²) in [6.07, 6.45) is -4.43. The van der Waals surface area contributed by atoms with E-state index < -0.39 is 11.7 Å². The van der Waals surface area contributed by atoms with Crippen LogP contribution in [0.5, 0.6) is 0 Å². The molecule has 0 atom stereocenters. The molecule has 2 rings (SSSR count).